The van der Waals surface area contributed by atoms with Crippen LogP contribution in [0.5, 0.6) is 0 Å². The lowest BCUT2D eigenvalue weighted by Gasteiger charge is -2.36. The Morgan fingerprint density at radius 1 is 1.12 bits per heavy atom. The van der Waals surface area contributed by atoms with E-state index in [2.05, 4.69) is 34.1 Å². The van der Waals surface area contributed by atoms with Gasteiger partial charge in [0, 0.05) is 51.9 Å². The molecule has 0 amide bonds. The molecule has 0 radical (unpaired) electrons. The standard InChI is InChI=1S/C13H28N4/c1-15(2)6-7-16-8-10-17(11-9-16)12-13-4-3-5-14-13/h13-14H,3-12H2,1-2H3/t13-/m1/s1. The van der Waals surface area contributed by atoms with Gasteiger partial charge in [-0.3, -0.25) is 9.80 Å². The summed E-state index contributed by atoms with van der Waals surface area (Å²) in [6, 6.07) is 0.767. The first-order chi connectivity index (χ1) is 8.24. The van der Waals surface area contributed by atoms with Crippen LogP contribution in [0.4, 0.5) is 0 Å². The van der Waals surface area contributed by atoms with Crippen LogP contribution in [0.3, 0.4) is 0 Å². The number of nitrogens with zero attached hydrogens (tertiary/aromatic N) is 3. The van der Waals surface area contributed by atoms with Gasteiger partial charge >= 0.3 is 0 Å². The van der Waals surface area contributed by atoms with Gasteiger partial charge in [-0.1, -0.05) is 0 Å². The Hall–Kier alpha value is -0.160. The maximum absolute atomic E-state index is 3.59. The molecule has 2 fully saturated rings. The Balaban J connectivity index is 1.60. The third-order valence-electron chi connectivity index (χ3n) is 3.97. The largest absolute Gasteiger partial charge is 0.313 e. The first kappa shape index (κ1) is 13.3. The summed E-state index contributed by atoms with van der Waals surface area (Å²) in [6.07, 6.45) is 2.74. The molecule has 1 N–H and O–H groups in total. The first-order valence-electron chi connectivity index (χ1n) is 7.07. The highest BCUT2D eigenvalue weighted by Gasteiger charge is 2.21. The minimum atomic E-state index is 0.767. The van der Waals surface area contributed by atoms with Gasteiger partial charge < -0.3 is 10.2 Å². The Bertz CT molecular complexity index is 205. The molecule has 0 aliphatic carbocycles. The first-order valence-corrected chi connectivity index (χ1v) is 7.07. The second kappa shape index (κ2) is 6.69. The number of piperazine rings is 1. The van der Waals surface area contributed by atoms with Crippen LogP contribution in [0.2, 0.25) is 0 Å². The van der Waals surface area contributed by atoms with Crippen molar-refractivity contribution in [1.82, 2.24) is 20.0 Å². The fourth-order valence-corrected chi connectivity index (χ4v) is 2.76. The van der Waals surface area contributed by atoms with Crippen molar-refractivity contribution in [1.29, 1.82) is 0 Å². The topological polar surface area (TPSA) is 21.8 Å². The summed E-state index contributed by atoms with van der Waals surface area (Å²) in [7, 11) is 4.31. The van der Waals surface area contributed by atoms with Gasteiger partial charge in [0.05, 0.1) is 0 Å². The second-order valence-electron chi connectivity index (χ2n) is 5.74. The van der Waals surface area contributed by atoms with E-state index in [1.807, 2.05) is 0 Å². The smallest absolute Gasteiger partial charge is 0.0195 e. The molecule has 0 aromatic carbocycles. The molecule has 4 nitrogen and oxygen atoms in total. The fourth-order valence-electron chi connectivity index (χ4n) is 2.76. The Morgan fingerprint density at radius 2 is 1.82 bits per heavy atom. The van der Waals surface area contributed by atoms with Crippen molar-refractivity contribution >= 4 is 0 Å². The summed E-state index contributed by atoms with van der Waals surface area (Å²) < 4.78 is 0. The normalized spacial score (nSPS) is 28.1. The summed E-state index contributed by atoms with van der Waals surface area (Å²) in [5, 5.41) is 3.59. The number of nitrogens with one attached hydrogen (secondary N) is 1. The van der Waals surface area contributed by atoms with Gasteiger partial charge in [-0.25, -0.2) is 0 Å². The Labute approximate surface area is 106 Å². The SMILES string of the molecule is CN(C)CCN1CCN(C[C@H]2CCCN2)CC1. The highest BCUT2D eigenvalue weighted by Crippen LogP contribution is 2.09. The third kappa shape index (κ3) is 4.54. The molecule has 0 unspecified atom stereocenters. The average molecular weight is 240 g/mol. The molecule has 2 rings (SSSR count). The highest BCUT2D eigenvalue weighted by atomic mass is 15.3. The van der Waals surface area contributed by atoms with Crippen LogP contribution in [0.25, 0.3) is 0 Å². The van der Waals surface area contributed by atoms with E-state index in [9.17, 15) is 0 Å². The molecule has 2 saturated heterocycles. The van der Waals surface area contributed by atoms with Gasteiger partial charge in [-0.2, -0.15) is 0 Å². The molecule has 17 heavy (non-hydrogen) atoms. The van der Waals surface area contributed by atoms with E-state index in [1.54, 1.807) is 0 Å². The van der Waals surface area contributed by atoms with E-state index in [4.69, 9.17) is 0 Å². The average Bonchev–Trinajstić information content (AvgIpc) is 2.81. The van der Waals surface area contributed by atoms with Crippen molar-refractivity contribution in [2.45, 2.75) is 18.9 Å². The summed E-state index contributed by atoms with van der Waals surface area (Å²) in [5.74, 6) is 0. The lowest BCUT2D eigenvalue weighted by Crippen LogP contribution is -2.50. The molecule has 0 saturated carbocycles. The van der Waals surface area contributed by atoms with Gasteiger partial charge in [0.1, 0.15) is 0 Å². The van der Waals surface area contributed by atoms with Gasteiger partial charge in [0.15, 0.2) is 0 Å². The molecule has 100 valence electrons. The number of likely N-dealkylation sites (N-methyl/N-ethyl adjacent to an activating group) is 1. The van der Waals surface area contributed by atoms with E-state index >= 15 is 0 Å². The second-order valence-corrected chi connectivity index (χ2v) is 5.74. The molecule has 2 aliphatic heterocycles. The zero-order chi connectivity index (χ0) is 12.1. The van der Waals surface area contributed by atoms with E-state index < -0.39 is 0 Å². The van der Waals surface area contributed by atoms with Crippen LogP contribution in [-0.2, 0) is 0 Å². The number of rotatable bonds is 5. The quantitative estimate of drug-likeness (QED) is 0.725. The third-order valence-corrected chi connectivity index (χ3v) is 3.97. The Kier molecular flexibility index (Phi) is 5.22. The minimum absolute atomic E-state index is 0.767. The van der Waals surface area contributed by atoms with Crippen molar-refractivity contribution in [3.05, 3.63) is 0 Å². The zero-order valence-corrected chi connectivity index (χ0v) is 11.5. The maximum Gasteiger partial charge on any atom is 0.0195 e. The molecular formula is C13H28N4. The summed E-state index contributed by atoms with van der Waals surface area (Å²) in [5.41, 5.74) is 0. The van der Waals surface area contributed by atoms with E-state index in [1.165, 1.54) is 65.2 Å². The summed E-state index contributed by atoms with van der Waals surface area (Å²) in [4.78, 5) is 7.50. The molecular weight excluding hydrogens is 212 g/mol. The van der Waals surface area contributed by atoms with Crippen LogP contribution in [0.15, 0.2) is 0 Å². The maximum atomic E-state index is 3.59. The fraction of sp³-hybridized carbons (Fsp3) is 1.00. The summed E-state index contributed by atoms with van der Waals surface area (Å²) in [6.45, 7) is 9.92. The van der Waals surface area contributed by atoms with Crippen molar-refractivity contribution in [3.63, 3.8) is 0 Å². The van der Waals surface area contributed by atoms with Crippen LogP contribution < -0.4 is 5.32 Å². The van der Waals surface area contributed by atoms with Gasteiger partial charge in [0.2, 0.25) is 0 Å². The van der Waals surface area contributed by atoms with Crippen LogP contribution in [0.1, 0.15) is 12.8 Å². The van der Waals surface area contributed by atoms with Crippen molar-refractivity contribution in [3.8, 4) is 0 Å². The molecule has 4 heteroatoms. The van der Waals surface area contributed by atoms with Gasteiger partial charge in [0.25, 0.3) is 0 Å². The van der Waals surface area contributed by atoms with Crippen LogP contribution >= 0.6 is 0 Å². The Morgan fingerprint density at radius 3 is 2.41 bits per heavy atom. The molecule has 2 aliphatic rings. The van der Waals surface area contributed by atoms with Crippen LogP contribution in [0, 0.1) is 0 Å². The minimum Gasteiger partial charge on any atom is -0.313 e. The number of hydrogen-bond acceptors (Lipinski definition) is 4. The lowest BCUT2D eigenvalue weighted by atomic mass is 10.2. The number of hydrogen-bond donors (Lipinski definition) is 1. The van der Waals surface area contributed by atoms with Gasteiger partial charge in [-0.15, -0.1) is 0 Å². The molecule has 0 bridgehead atoms. The van der Waals surface area contributed by atoms with Crippen molar-refractivity contribution in [2.75, 3.05) is 66.5 Å². The van der Waals surface area contributed by atoms with Crippen LogP contribution in [-0.4, -0.2) is 87.2 Å². The predicted octanol–water partition coefficient (Wildman–Crippen LogP) is -0.0824. The summed E-state index contributed by atoms with van der Waals surface area (Å²) >= 11 is 0. The molecule has 0 aromatic heterocycles. The molecule has 0 aromatic rings. The van der Waals surface area contributed by atoms with Gasteiger partial charge in [-0.05, 0) is 33.5 Å². The van der Waals surface area contributed by atoms with Crippen molar-refractivity contribution in [2.24, 2.45) is 0 Å². The van der Waals surface area contributed by atoms with Crippen molar-refractivity contribution < 1.29 is 0 Å². The molecule has 0 spiro atoms. The highest BCUT2D eigenvalue weighted by molar-refractivity contribution is 4.81. The monoisotopic (exact) mass is 240 g/mol. The van der Waals surface area contributed by atoms with E-state index in [-0.39, 0.29) is 0 Å². The van der Waals surface area contributed by atoms with E-state index in [0.717, 1.165) is 6.04 Å². The zero-order valence-electron chi connectivity index (χ0n) is 11.5. The molecule has 2 heterocycles. The molecule has 1 atom stereocenters. The lowest BCUT2D eigenvalue weighted by molar-refractivity contribution is 0.119. The predicted molar refractivity (Wildman–Crippen MR) is 72.5 cm³/mol. The van der Waals surface area contributed by atoms with E-state index in [0.29, 0.717) is 0 Å².